The number of benzene rings is 1. The van der Waals surface area contributed by atoms with E-state index in [0.717, 1.165) is 5.56 Å². The van der Waals surface area contributed by atoms with Crippen molar-refractivity contribution >= 4 is 11.0 Å². The van der Waals surface area contributed by atoms with Gasteiger partial charge in [-0.05, 0) is 31.2 Å². The van der Waals surface area contributed by atoms with Crippen molar-refractivity contribution in [3.63, 3.8) is 0 Å². The fourth-order valence-corrected chi connectivity index (χ4v) is 1.89. The molecule has 0 aliphatic heterocycles. The van der Waals surface area contributed by atoms with Gasteiger partial charge in [-0.3, -0.25) is 0 Å². The van der Waals surface area contributed by atoms with Gasteiger partial charge in [0.05, 0.1) is 6.26 Å². The second kappa shape index (κ2) is 3.84. The van der Waals surface area contributed by atoms with Gasteiger partial charge in [0.25, 0.3) is 0 Å². The molecule has 1 aromatic carbocycles. The van der Waals surface area contributed by atoms with Gasteiger partial charge in [-0.2, -0.15) is 0 Å². The molecule has 0 aliphatic carbocycles. The number of halogens is 1. The van der Waals surface area contributed by atoms with Crippen LogP contribution in [0, 0.1) is 12.7 Å². The normalized spacial score (nSPS) is 11.0. The molecule has 0 atom stereocenters. The minimum atomic E-state index is -0.446. The highest BCUT2D eigenvalue weighted by Gasteiger charge is 2.11. The molecule has 0 fully saturated rings. The number of hydrogen-bond donors (Lipinski definition) is 0. The van der Waals surface area contributed by atoms with Crippen LogP contribution in [0.3, 0.4) is 0 Å². The summed E-state index contributed by atoms with van der Waals surface area (Å²) < 4.78 is 23.3. The highest BCUT2D eigenvalue weighted by atomic mass is 19.1. The summed E-state index contributed by atoms with van der Waals surface area (Å²) in [4.78, 5) is 11.8. The highest BCUT2D eigenvalue weighted by molar-refractivity contribution is 5.82. The Morgan fingerprint density at radius 3 is 2.61 bits per heavy atom. The average Bonchev–Trinajstić information content (AvgIpc) is 2.72. The smallest absolute Gasteiger partial charge is 0.347 e. The molecule has 2 aromatic heterocycles. The zero-order chi connectivity index (χ0) is 12.7. The molecule has 0 amide bonds. The van der Waals surface area contributed by atoms with E-state index in [1.807, 2.05) is 0 Å². The third-order valence-electron chi connectivity index (χ3n) is 2.80. The lowest BCUT2D eigenvalue weighted by atomic mass is 10.1. The quantitative estimate of drug-likeness (QED) is 0.658. The van der Waals surface area contributed by atoms with Gasteiger partial charge in [0.1, 0.15) is 22.5 Å². The van der Waals surface area contributed by atoms with Gasteiger partial charge in [0.2, 0.25) is 0 Å². The molecule has 0 radical (unpaired) electrons. The lowest BCUT2D eigenvalue weighted by molar-refractivity contribution is 0.529. The molecule has 3 nitrogen and oxygen atoms in total. The Kier molecular flexibility index (Phi) is 2.30. The summed E-state index contributed by atoms with van der Waals surface area (Å²) >= 11 is 0. The molecule has 0 spiro atoms. The topological polar surface area (TPSA) is 43.4 Å². The summed E-state index contributed by atoms with van der Waals surface area (Å²) in [6.07, 6.45) is 1.51. The number of hydrogen-bond acceptors (Lipinski definition) is 3. The molecule has 0 saturated heterocycles. The fraction of sp³-hybridized carbons (Fsp3) is 0.0714. The van der Waals surface area contributed by atoms with Gasteiger partial charge in [0, 0.05) is 17.2 Å². The minimum absolute atomic E-state index is 0.337. The van der Waals surface area contributed by atoms with Crippen molar-refractivity contribution in [3.8, 4) is 11.3 Å². The van der Waals surface area contributed by atoms with E-state index in [4.69, 9.17) is 8.83 Å². The summed E-state index contributed by atoms with van der Waals surface area (Å²) in [6.45, 7) is 1.78. The van der Waals surface area contributed by atoms with Crippen molar-refractivity contribution < 1.29 is 13.2 Å². The van der Waals surface area contributed by atoms with Crippen LogP contribution in [0.1, 0.15) is 5.56 Å². The van der Waals surface area contributed by atoms with Crippen LogP contribution in [0.25, 0.3) is 22.3 Å². The first kappa shape index (κ1) is 10.8. The van der Waals surface area contributed by atoms with Crippen molar-refractivity contribution in [2.24, 2.45) is 0 Å². The molecule has 4 heteroatoms. The van der Waals surface area contributed by atoms with E-state index in [1.165, 1.54) is 18.4 Å². The maximum Gasteiger partial charge on any atom is 0.347 e. The SMILES string of the molecule is Cc1coc2cc(-c3ccc(F)cc3)oc(=O)c12. The standard InChI is InChI=1S/C14H9FO3/c1-8-7-17-12-6-11(18-14(16)13(8)12)9-2-4-10(15)5-3-9/h2-7H,1H3. The van der Waals surface area contributed by atoms with E-state index < -0.39 is 5.63 Å². The number of furan rings is 1. The van der Waals surface area contributed by atoms with Crippen LogP contribution in [0.4, 0.5) is 4.39 Å². The van der Waals surface area contributed by atoms with E-state index in [2.05, 4.69) is 0 Å². The van der Waals surface area contributed by atoms with Crippen LogP contribution < -0.4 is 5.63 Å². The lowest BCUT2D eigenvalue weighted by Crippen LogP contribution is -1.99. The Bertz CT molecular complexity index is 766. The van der Waals surface area contributed by atoms with E-state index in [9.17, 15) is 9.18 Å². The lowest BCUT2D eigenvalue weighted by Gasteiger charge is -1.99. The number of aryl methyl sites for hydroxylation is 1. The summed E-state index contributed by atoms with van der Waals surface area (Å²) in [6, 6.07) is 7.36. The van der Waals surface area contributed by atoms with Crippen LogP contribution in [-0.4, -0.2) is 0 Å². The maximum absolute atomic E-state index is 12.8. The van der Waals surface area contributed by atoms with Crippen molar-refractivity contribution in [1.29, 1.82) is 0 Å². The third-order valence-corrected chi connectivity index (χ3v) is 2.80. The van der Waals surface area contributed by atoms with Gasteiger partial charge in [-0.15, -0.1) is 0 Å². The maximum atomic E-state index is 12.8. The molecule has 2 heterocycles. The second-order valence-electron chi connectivity index (χ2n) is 4.06. The Morgan fingerprint density at radius 1 is 1.17 bits per heavy atom. The summed E-state index contributed by atoms with van der Waals surface area (Å²) in [5.41, 5.74) is 1.40. The first-order chi connectivity index (χ1) is 8.65. The molecule has 0 unspecified atom stereocenters. The molecular formula is C14H9FO3. The van der Waals surface area contributed by atoms with E-state index in [-0.39, 0.29) is 5.82 Å². The van der Waals surface area contributed by atoms with Crippen LogP contribution in [0.2, 0.25) is 0 Å². The average molecular weight is 244 g/mol. The van der Waals surface area contributed by atoms with Gasteiger partial charge < -0.3 is 8.83 Å². The Labute approximate surface area is 101 Å². The summed E-state index contributed by atoms with van der Waals surface area (Å²) in [5.74, 6) is 0.0258. The van der Waals surface area contributed by atoms with Crippen molar-refractivity contribution in [3.05, 3.63) is 58.4 Å². The summed E-state index contributed by atoms with van der Waals surface area (Å²) in [7, 11) is 0. The predicted molar refractivity (Wildman–Crippen MR) is 64.9 cm³/mol. The van der Waals surface area contributed by atoms with E-state index in [1.54, 1.807) is 25.1 Å². The van der Waals surface area contributed by atoms with E-state index in [0.29, 0.717) is 22.3 Å². The molecule has 3 rings (SSSR count). The van der Waals surface area contributed by atoms with Crippen molar-refractivity contribution in [2.45, 2.75) is 6.92 Å². The van der Waals surface area contributed by atoms with Crippen LogP contribution in [0.15, 0.2) is 50.2 Å². The van der Waals surface area contributed by atoms with Crippen LogP contribution in [-0.2, 0) is 0 Å². The second-order valence-corrected chi connectivity index (χ2v) is 4.06. The zero-order valence-corrected chi connectivity index (χ0v) is 9.57. The van der Waals surface area contributed by atoms with Crippen molar-refractivity contribution in [2.75, 3.05) is 0 Å². The Morgan fingerprint density at radius 2 is 1.89 bits per heavy atom. The molecule has 0 bridgehead atoms. The first-order valence-electron chi connectivity index (χ1n) is 5.43. The van der Waals surface area contributed by atoms with Gasteiger partial charge in [-0.1, -0.05) is 0 Å². The van der Waals surface area contributed by atoms with Crippen LogP contribution in [0.5, 0.6) is 0 Å². The summed E-state index contributed by atoms with van der Waals surface area (Å²) in [5, 5.41) is 0.445. The molecule has 18 heavy (non-hydrogen) atoms. The Hall–Kier alpha value is -2.36. The van der Waals surface area contributed by atoms with E-state index >= 15 is 0 Å². The fourth-order valence-electron chi connectivity index (χ4n) is 1.89. The predicted octanol–water partition coefficient (Wildman–Crippen LogP) is 3.50. The highest BCUT2D eigenvalue weighted by Crippen LogP contribution is 2.24. The van der Waals surface area contributed by atoms with Gasteiger partial charge in [0.15, 0.2) is 0 Å². The molecular weight excluding hydrogens is 235 g/mol. The monoisotopic (exact) mass is 244 g/mol. The molecule has 0 N–H and O–H groups in total. The minimum Gasteiger partial charge on any atom is -0.464 e. The van der Waals surface area contributed by atoms with Gasteiger partial charge >= 0.3 is 5.63 Å². The molecule has 90 valence electrons. The number of fused-ring (bicyclic) bond motifs is 1. The van der Waals surface area contributed by atoms with Crippen LogP contribution >= 0.6 is 0 Å². The molecule has 0 aliphatic rings. The third kappa shape index (κ3) is 1.62. The first-order valence-corrected chi connectivity index (χ1v) is 5.43. The Balaban J connectivity index is 2.25. The largest absolute Gasteiger partial charge is 0.464 e. The molecule has 0 saturated carbocycles. The number of rotatable bonds is 1. The zero-order valence-electron chi connectivity index (χ0n) is 9.57. The van der Waals surface area contributed by atoms with Gasteiger partial charge in [-0.25, -0.2) is 9.18 Å². The van der Waals surface area contributed by atoms with Crippen molar-refractivity contribution in [1.82, 2.24) is 0 Å². The molecule has 3 aromatic rings.